The molecule has 7 heteroatoms. The molecule has 0 aliphatic heterocycles. The molecule has 1 N–H and O–H groups in total. The lowest BCUT2D eigenvalue weighted by molar-refractivity contribution is -0.156. The van der Waals surface area contributed by atoms with Crippen LogP contribution in [0.1, 0.15) is 51.3 Å². The number of rotatable bonds is 13. The highest BCUT2D eigenvalue weighted by molar-refractivity contribution is 7.89. The van der Waals surface area contributed by atoms with Crippen LogP contribution in [0.25, 0.3) is 0 Å². The fourth-order valence-corrected chi connectivity index (χ4v) is 6.36. The Hall–Kier alpha value is -3.00. The summed E-state index contributed by atoms with van der Waals surface area (Å²) in [5.41, 5.74) is 2.02. The van der Waals surface area contributed by atoms with Gasteiger partial charge in [0, 0.05) is 19.1 Å². The minimum atomic E-state index is -3.95. The lowest BCUT2D eigenvalue weighted by atomic mass is 9.76. The number of hydrogen-bond donors (Lipinski definition) is 1. The standard InChI is InChI=1S/C32H42N2O4S/c1-7-38-31(35)32(5,6)30(33-39(36,37)28-20-18-25(4)19-21-28)29(24(2)3)34(22-26-14-10-8-11-15-26)23-27-16-12-9-13-17-27/h8-21,24,29-30,33H,7,22-23H2,1-6H3. The van der Waals surface area contributed by atoms with Crippen LogP contribution in [-0.4, -0.2) is 38.0 Å². The number of sulfonamides is 1. The molecule has 0 aliphatic carbocycles. The lowest BCUT2D eigenvalue weighted by Gasteiger charge is -2.45. The van der Waals surface area contributed by atoms with Gasteiger partial charge in [0.15, 0.2) is 0 Å². The zero-order valence-electron chi connectivity index (χ0n) is 23.9. The van der Waals surface area contributed by atoms with Crippen molar-refractivity contribution in [2.75, 3.05) is 6.61 Å². The zero-order chi connectivity index (χ0) is 28.6. The van der Waals surface area contributed by atoms with Crippen molar-refractivity contribution in [2.45, 2.75) is 71.6 Å². The van der Waals surface area contributed by atoms with E-state index in [4.69, 9.17) is 4.74 Å². The zero-order valence-corrected chi connectivity index (χ0v) is 24.7. The first-order chi connectivity index (χ1) is 18.5. The van der Waals surface area contributed by atoms with Gasteiger partial charge in [-0.15, -0.1) is 0 Å². The van der Waals surface area contributed by atoms with Crippen LogP contribution >= 0.6 is 0 Å². The molecule has 3 aromatic rings. The van der Waals surface area contributed by atoms with E-state index in [9.17, 15) is 13.2 Å². The third-order valence-electron chi connectivity index (χ3n) is 7.10. The van der Waals surface area contributed by atoms with Crippen LogP contribution in [0.5, 0.6) is 0 Å². The van der Waals surface area contributed by atoms with Gasteiger partial charge in [0.05, 0.1) is 23.0 Å². The van der Waals surface area contributed by atoms with Gasteiger partial charge in [0.2, 0.25) is 10.0 Å². The van der Waals surface area contributed by atoms with Crippen molar-refractivity contribution in [3.05, 3.63) is 102 Å². The summed E-state index contributed by atoms with van der Waals surface area (Å²) in [6.45, 7) is 12.7. The molecule has 0 amide bonds. The molecule has 6 nitrogen and oxygen atoms in total. The Morgan fingerprint density at radius 1 is 0.872 bits per heavy atom. The summed E-state index contributed by atoms with van der Waals surface area (Å²) in [5.74, 6) is -0.441. The number of carbonyl (C=O) groups is 1. The van der Waals surface area contributed by atoms with Crippen LogP contribution in [0.4, 0.5) is 0 Å². The topological polar surface area (TPSA) is 75.7 Å². The van der Waals surface area contributed by atoms with Gasteiger partial charge in [-0.25, -0.2) is 13.1 Å². The van der Waals surface area contributed by atoms with Gasteiger partial charge in [-0.3, -0.25) is 9.69 Å². The molecule has 210 valence electrons. The molecule has 2 atom stereocenters. The number of aryl methyl sites for hydroxylation is 1. The number of hydrogen-bond acceptors (Lipinski definition) is 5. The molecular weight excluding hydrogens is 508 g/mol. The van der Waals surface area contributed by atoms with Gasteiger partial charge in [-0.05, 0) is 56.9 Å². The number of nitrogens with one attached hydrogen (secondary N) is 1. The third-order valence-corrected chi connectivity index (χ3v) is 8.55. The minimum Gasteiger partial charge on any atom is -0.466 e. The summed E-state index contributed by atoms with van der Waals surface area (Å²) in [4.78, 5) is 15.8. The van der Waals surface area contributed by atoms with Gasteiger partial charge in [-0.2, -0.15) is 0 Å². The smallest absolute Gasteiger partial charge is 0.313 e. The molecule has 2 unspecified atom stereocenters. The summed E-state index contributed by atoms with van der Waals surface area (Å²) in [5, 5.41) is 0. The molecular formula is C32H42N2O4S. The van der Waals surface area contributed by atoms with E-state index in [1.807, 2.05) is 43.3 Å². The fourth-order valence-electron chi connectivity index (χ4n) is 4.96. The van der Waals surface area contributed by atoms with Crippen LogP contribution in [-0.2, 0) is 32.6 Å². The fraction of sp³-hybridized carbons (Fsp3) is 0.406. The first kappa shape index (κ1) is 30.5. The van der Waals surface area contributed by atoms with E-state index in [0.29, 0.717) is 13.1 Å². The number of carbonyl (C=O) groups excluding carboxylic acids is 1. The maximum absolute atomic E-state index is 13.8. The molecule has 0 heterocycles. The van der Waals surface area contributed by atoms with E-state index in [1.54, 1.807) is 45.0 Å². The monoisotopic (exact) mass is 550 g/mol. The molecule has 0 saturated carbocycles. The van der Waals surface area contributed by atoms with Gasteiger partial charge in [-0.1, -0.05) is 92.2 Å². The Morgan fingerprint density at radius 3 is 1.79 bits per heavy atom. The average Bonchev–Trinajstić information content (AvgIpc) is 2.89. The second kappa shape index (κ2) is 13.4. The van der Waals surface area contributed by atoms with Crippen molar-refractivity contribution < 1.29 is 17.9 Å². The van der Waals surface area contributed by atoms with Crippen LogP contribution < -0.4 is 4.72 Å². The number of nitrogens with zero attached hydrogens (tertiary/aromatic N) is 1. The quantitative estimate of drug-likeness (QED) is 0.266. The molecule has 3 aromatic carbocycles. The summed E-state index contributed by atoms with van der Waals surface area (Å²) < 4.78 is 36.0. The van der Waals surface area contributed by atoms with Gasteiger partial charge in [0.25, 0.3) is 0 Å². The number of ether oxygens (including phenoxy) is 1. The van der Waals surface area contributed by atoms with Crippen molar-refractivity contribution in [3.8, 4) is 0 Å². The average molecular weight is 551 g/mol. The Balaban J connectivity index is 2.14. The Labute approximate surface area is 234 Å². The van der Waals surface area contributed by atoms with Crippen molar-refractivity contribution in [1.82, 2.24) is 9.62 Å². The van der Waals surface area contributed by atoms with Crippen LogP contribution in [0.15, 0.2) is 89.8 Å². The maximum Gasteiger partial charge on any atom is 0.313 e. The largest absolute Gasteiger partial charge is 0.466 e. The molecule has 0 aromatic heterocycles. The first-order valence-corrected chi connectivity index (χ1v) is 15.0. The van der Waals surface area contributed by atoms with Crippen LogP contribution in [0, 0.1) is 18.3 Å². The van der Waals surface area contributed by atoms with Crippen LogP contribution in [0.3, 0.4) is 0 Å². The molecule has 0 bridgehead atoms. The number of benzene rings is 3. The van der Waals surface area contributed by atoms with Crippen molar-refractivity contribution in [1.29, 1.82) is 0 Å². The second-order valence-electron chi connectivity index (χ2n) is 11.0. The summed E-state index contributed by atoms with van der Waals surface area (Å²) in [7, 11) is -3.95. The van der Waals surface area contributed by atoms with E-state index >= 15 is 0 Å². The normalized spacial score (nSPS) is 13.8. The highest BCUT2D eigenvalue weighted by Gasteiger charge is 2.47. The van der Waals surface area contributed by atoms with Gasteiger partial charge >= 0.3 is 5.97 Å². The summed E-state index contributed by atoms with van der Waals surface area (Å²) in [6.07, 6.45) is 0. The van der Waals surface area contributed by atoms with E-state index in [0.717, 1.165) is 16.7 Å². The van der Waals surface area contributed by atoms with E-state index < -0.39 is 27.4 Å². The highest BCUT2D eigenvalue weighted by atomic mass is 32.2. The highest BCUT2D eigenvalue weighted by Crippen LogP contribution is 2.34. The number of esters is 1. The Bertz CT molecular complexity index is 1250. The Morgan fingerprint density at radius 2 is 1.36 bits per heavy atom. The van der Waals surface area contributed by atoms with Crippen LogP contribution in [0.2, 0.25) is 0 Å². The molecule has 39 heavy (non-hydrogen) atoms. The van der Waals surface area contributed by atoms with Gasteiger partial charge < -0.3 is 4.74 Å². The van der Waals surface area contributed by atoms with Gasteiger partial charge in [0.1, 0.15) is 0 Å². The van der Waals surface area contributed by atoms with E-state index in [2.05, 4.69) is 47.7 Å². The first-order valence-electron chi connectivity index (χ1n) is 13.5. The SMILES string of the molecule is CCOC(=O)C(C)(C)C(NS(=O)(=O)c1ccc(C)cc1)C(C(C)C)N(Cc1ccccc1)Cc1ccccc1. The molecule has 0 radical (unpaired) electrons. The predicted octanol–water partition coefficient (Wildman–Crippen LogP) is 5.96. The molecule has 0 aliphatic rings. The second-order valence-corrected chi connectivity index (χ2v) is 12.7. The van der Waals surface area contributed by atoms with E-state index in [1.165, 1.54) is 0 Å². The third kappa shape index (κ3) is 8.01. The Kier molecular flexibility index (Phi) is 10.5. The van der Waals surface area contributed by atoms with Crippen molar-refractivity contribution in [2.24, 2.45) is 11.3 Å². The van der Waals surface area contributed by atoms with E-state index in [-0.39, 0.29) is 23.5 Å². The van der Waals surface area contributed by atoms with Crippen molar-refractivity contribution >= 4 is 16.0 Å². The molecule has 3 rings (SSSR count). The predicted molar refractivity (Wildman–Crippen MR) is 156 cm³/mol. The summed E-state index contributed by atoms with van der Waals surface area (Å²) in [6, 6.07) is 25.9. The maximum atomic E-state index is 13.8. The molecule has 0 fully saturated rings. The minimum absolute atomic E-state index is 0.00292. The molecule has 0 spiro atoms. The van der Waals surface area contributed by atoms with Crippen molar-refractivity contribution in [3.63, 3.8) is 0 Å². The molecule has 0 saturated heterocycles. The summed E-state index contributed by atoms with van der Waals surface area (Å²) >= 11 is 0. The lowest BCUT2D eigenvalue weighted by Crippen LogP contribution is -2.61.